The molecule has 0 aliphatic carbocycles. The van der Waals surface area contributed by atoms with E-state index in [4.69, 9.17) is 0 Å². The van der Waals surface area contributed by atoms with Gasteiger partial charge in [0.25, 0.3) is 0 Å². The van der Waals surface area contributed by atoms with Crippen molar-refractivity contribution in [3.8, 4) is 5.75 Å². The van der Waals surface area contributed by atoms with E-state index in [0.29, 0.717) is 5.69 Å². The SMILES string of the molecule is CCCCC(CC)C(=O)Nc1ccc(NC(=O)CC(C)=O)c(O)c1. The summed E-state index contributed by atoms with van der Waals surface area (Å²) in [6.45, 7) is 5.38. The molecule has 0 spiro atoms. The molecule has 1 rings (SSSR count). The molecule has 2 amide bonds. The quantitative estimate of drug-likeness (QED) is 0.476. The number of anilines is 2. The van der Waals surface area contributed by atoms with Gasteiger partial charge in [-0.25, -0.2) is 0 Å². The number of carbonyl (C=O) groups excluding carboxylic acids is 3. The van der Waals surface area contributed by atoms with Crippen molar-refractivity contribution in [2.24, 2.45) is 5.92 Å². The van der Waals surface area contributed by atoms with E-state index in [-0.39, 0.29) is 35.5 Å². The van der Waals surface area contributed by atoms with Gasteiger partial charge in [0.2, 0.25) is 11.8 Å². The molecule has 0 aliphatic heterocycles. The summed E-state index contributed by atoms with van der Waals surface area (Å²) in [5, 5.41) is 15.2. The Labute approximate surface area is 142 Å². The van der Waals surface area contributed by atoms with Gasteiger partial charge < -0.3 is 15.7 Å². The van der Waals surface area contributed by atoms with E-state index in [1.807, 2.05) is 6.92 Å². The minimum atomic E-state index is -0.486. The van der Waals surface area contributed by atoms with Gasteiger partial charge in [-0.05, 0) is 31.9 Å². The van der Waals surface area contributed by atoms with E-state index >= 15 is 0 Å². The molecule has 132 valence electrons. The van der Waals surface area contributed by atoms with Crippen LogP contribution in [0.3, 0.4) is 0 Å². The van der Waals surface area contributed by atoms with Gasteiger partial charge in [-0.2, -0.15) is 0 Å². The Bertz CT molecular complexity index is 599. The standard InChI is InChI=1S/C18H26N2O4/c1-4-6-7-13(5-2)18(24)19-14-8-9-15(16(22)11-14)20-17(23)10-12(3)21/h8-9,11,13,22H,4-7,10H2,1-3H3,(H,19,24)(H,20,23). The fraction of sp³-hybridized carbons (Fsp3) is 0.500. The molecule has 3 N–H and O–H groups in total. The second-order valence-electron chi connectivity index (χ2n) is 5.90. The van der Waals surface area contributed by atoms with Gasteiger partial charge in [-0.3, -0.25) is 14.4 Å². The van der Waals surface area contributed by atoms with Crippen molar-refractivity contribution in [3.63, 3.8) is 0 Å². The molecule has 1 unspecified atom stereocenters. The van der Waals surface area contributed by atoms with E-state index < -0.39 is 5.91 Å². The lowest BCUT2D eigenvalue weighted by molar-refractivity contribution is -0.124. The first-order valence-corrected chi connectivity index (χ1v) is 8.30. The molecular weight excluding hydrogens is 308 g/mol. The minimum Gasteiger partial charge on any atom is -0.506 e. The molecule has 6 nitrogen and oxygen atoms in total. The lowest BCUT2D eigenvalue weighted by Crippen LogP contribution is -2.22. The largest absolute Gasteiger partial charge is 0.506 e. The Morgan fingerprint density at radius 3 is 2.42 bits per heavy atom. The Kier molecular flexibility index (Phi) is 7.95. The number of nitrogens with one attached hydrogen (secondary N) is 2. The zero-order valence-corrected chi connectivity index (χ0v) is 14.5. The number of hydrogen-bond donors (Lipinski definition) is 3. The van der Waals surface area contributed by atoms with Crippen LogP contribution < -0.4 is 10.6 Å². The molecule has 0 saturated heterocycles. The topological polar surface area (TPSA) is 95.5 Å². The molecule has 1 aromatic rings. The predicted octanol–water partition coefficient (Wildman–Crippen LogP) is 3.46. The second kappa shape index (κ2) is 9.70. The Morgan fingerprint density at radius 1 is 1.17 bits per heavy atom. The van der Waals surface area contributed by atoms with Crippen LogP contribution in [-0.4, -0.2) is 22.7 Å². The molecule has 1 atom stereocenters. The maximum absolute atomic E-state index is 12.2. The Balaban J connectivity index is 2.71. The highest BCUT2D eigenvalue weighted by Gasteiger charge is 2.16. The number of unbranched alkanes of at least 4 members (excludes halogenated alkanes) is 1. The molecule has 0 radical (unpaired) electrons. The summed E-state index contributed by atoms with van der Waals surface area (Å²) in [5.74, 6) is -1.03. The first-order valence-electron chi connectivity index (χ1n) is 8.30. The summed E-state index contributed by atoms with van der Waals surface area (Å²) in [5.41, 5.74) is 0.675. The summed E-state index contributed by atoms with van der Waals surface area (Å²) < 4.78 is 0. The van der Waals surface area contributed by atoms with Gasteiger partial charge in [0.05, 0.1) is 12.1 Å². The maximum Gasteiger partial charge on any atom is 0.231 e. The summed E-state index contributed by atoms with van der Waals surface area (Å²) in [6.07, 6.45) is 3.39. The second-order valence-corrected chi connectivity index (χ2v) is 5.90. The first kappa shape index (κ1) is 19.7. The van der Waals surface area contributed by atoms with E-state index in [9.17, 15) is 19.5 Å². The van der Waals surface area contributed by atoms with Gasteiger partial charge in [0.15, 0.2) is 0 Å². The van der Waals surface area contributed by atoms with Crippen molar-refractivity contribution in [2.75, 3.05) is 10.6 Å². The van der Waals surface area contributed by atoms with E-state index in [2.05, 4.69) is 17.6 Å². The lowest BCUT2D eigenvalue weighted by atomic mass is 9.98. The van der Waals surface area contributed by atoms with Gasteiger partial charge in [-0.15, -0.1) is 0 Å². The van der Waals surface area contributed by atoms with Crippen LogP contribution in [0.4, 0.5) is 11.4 Å². The predicted molar refractivity (Wildman–Crippen MR) is 94.0 cm³/mol. The van der Waals surface area contributed by atoms with Crippen LogP contribution in [0.1, 0.15) is 52.9 Å². The highest BCUT2D eigenvalue weighted by Crippen LogP contribution is 2.27. The molecule has 0 aliphatic rings. The van der Waals surface area contributed by atoms with Gasteiger partial charge in [0.1, 0.15) is 11.5 Å². The number of hydrogen-bond acceptors (Lipinski definition) is 4. The van der Waals surface area contributed by atoms with Crippen LogP contribution in [0.2, 0.25) is 0 Å². The molecule has 24 heavy (non-hydrogen) atoms. The van der Waals surface area contributed by atoms with Crippen molar-refractivity contribution in [1.29, 1.82) is 0 Å². The van der Waals surface area contributed by atoms with Crippen molar-refractivity contribution < 1.29 is 19.5 Å². The van der Waals surface area contributed by atoms with Crippen LogP contribution in [0.5, 0.6) is 5.75 Å². The van der Waals surface area contributed by atoms with Crippen LogP contribution >= 0.6 is 0 Å². The lowest BCUT2D eigenvalue weighted by Gasteiger charge is -2.15. The fourth-order valence-corrected chi connectivity index (χ4v) is 2.35. The fourth-order valence-electron chi connectivity index (χ4n) is 2.35. The molecule has 0 fully saturated rings. The molecule has 1 aromatic carbocycles. The smallest absolute Gasteiger partial charge is 0.231 e. The normalized spacial score (nSPS) is 11.6. The summed E-state index contributed by atoms with van der Waals surface area (Å²) in [4.78, 5) is 34.7. The van der Waals surface area contributed by atoms with E-state index in [1.54, 1.807) is 6.07 Å². The van der Waals surface area contributed by atoms with Crippen LogP contribution in [-0.2, 0) is 14.4 Å². The minimum absolute atomic E-state index is 0.0537. The highest BCUT2D eigenvalue weighted by molar-refractivity contribution is 6.04. The van der Waals surface area contributed by atoms with Crippen LogP contribution in [0, 0.1) is 5.92 Å². The maximum atomic E-state index is 12.2. The molecule has 0 bridgehead atoms. The summed E-state index contributed by atoms with van der Waals surface area (Å²) in [7, 11) is 0. The Hall–Kier alpha value is -2.37. The number of benzene rings is 1. The number of aromatic hydroxyl groups is 1. The summed E-state index contributed by atoms with van der Waals surface area (Å²) >= 11 is 0. The average molecular weight is 334 g/mol. The van der Waals surface area contributed by atoms with Crippen LogP contribution in [0.15, 0.2) is 18.2 Å². The Morgan fingerprint density at radius 2 is 1.88 bits per heavy atom. The molecule has 0 heterocycles. The molecule has 0 saturated carbocycles. The molecular formula is C18H26N2O4. The molecule has 6 heteroatoms. The number of phenols is 1. The third kappa shape index (κ3) is 6.40. The third-order valence-corrected chi connectivity index (χ3v) is 3.72. The molecule has 0 aromatic heterocycles. The van der Waals surface area contributed by atoms with Crippen molar-refractivity contribution in [3.05, 3.63) is 18.2 Å². The van der Waals surface area contributed by atoms with Crippen molar-refractivity contribution >= 4 is 29.0 Å². The van der Waals surface area contributed by atoms with Gasteiger partial charge in [-0.1, -0.05) is 26.7 Å². The number of phenolic OH excluding ortho intramolecular Hbond substituents is 1. The zero-order chi connectivity index (χ0) is 18.1. The van der Waals surface area contributed by atoms with Crippen molar-refractivity contribution in [2.45, 2.75) is 52.9 Å². The number of amides is 2. The average Bonchev–Trinajstić information content (AvgIpc) is 2.50. The van der Waals surface area contributed by atoms with E-state index in [1.165, 1.54) is 19.1 Å². The number of Topliss-reactive ketones (excluding diaryl/α,β-unsaturated/α-hetero) is 1. The monoisotopic (exact) mass is 334 g/mol. The van der Waals surface area contributed by atoms with Crippen molar-refractivity contribution in [1.82, 2.24) is 0 Å². The van der Waals surface area contributed by atoms with Gasteiger partial charge in [0, 0.05) is 17.7 Å². The third-order valence-electron chi connectivity index (χ3n) is 3.72. The highest BCUT2D eigenvalue weighted by atomic mass is 16.3. The van der Waals surface area contributed by atoms with Crippen LogP contribution in [0.25, 0.3) is 0 Å². The van der Waals surface area contributed by atoms with Gasteiger partial charge >= 0.3 is 0 Å². The number of carbonyl (C=O) groups is 3. The first-order chi connectivity index (χ1) is 11.4. The zero-order valence-electron chi connectivity index (χ0n) is 14.5. The summed E-state index contributed by atoms with van der Waals surface area (Å²) in [6, 6.07) is 4.48. The number of ketones is 1. The number of rotatable bonds is 9. The van der Waals surface area contributed by atoms with E-state index in [0.717, 1.165) is 25.7 Å².